The minimum absolute atomic E-state index is 0.0125. The monoisotopic (exact) mass is 232 g/mol. The minimum atomic E-state index is -0.907. The second-order valence-electron chi connectivity index (χ2n) is 4.48. The van der Waals surface area contributed by atoms with Crippen LogP contribution in [-0.4, -0.2) is 24.7 Å². The van der Waals surface area contributed by atoms with Crippen LogP contribution in [0, 0.1) is 0 Å². The zero-order valence-corrected chi connectivity index (χ0v) is 10.3. The van der Waals surface area contributed by atoms with Gasteiger partial charge in [0, 0.05) is 5.92 Å². The van der Waals surface area contributed by atoms with Crippen molar-refractivity contribution in [1.29, 1.82) is 0 Å². The van der Waals surface area contributed by atoms with E-state index in [2.05, 4.69) is 10.2 Å². The van der Waals surface area contributed by atoms with E-state index in [0.717, 1.165) is 5.56 Å². The van der Waals surface area contributed by atoms with Crippen molar-refractivity contribution in [3.63, 3.8) is 0 Å². The lowest BCUT2D eigenvalue weighted by Crippen LogP contribution is -2.40. The molecule has 17 heavy (non-hydrogen) atoms. The molecular weight excluding hydrogens is 216 g/mol. The topological polar surface area (TPSA) is 51.0 Å². The Kier molecular flexibility index (Phi) is 2.96. The largest absolute Gasteiger partial charge is 0.467 e. The van der Waals surface area contributed by atoms with Crippen LogP contribution in [0.2, 0.25) is 0 Å². The molecule has 0 aliphatic carbocycles. The standard InChI is InChI=1S/C13H16N2O2/c1-9-11(10-7-5-4-6-8-10)13(2,15-14-9)12(16)17-3/h4-9,11H,1-3H3/t9-,11-,13+/m1/s1. The predicted molar refractivity (Wildman–Crippen MR) is 63.9 cm³/mol. The van der Waals surface area contributed by atoms with E-state index in [-0.39, 0.29) is 17.9 Å². The molecule has 0 unspecified atom stereocenters. The van der Waals surface area contributed by atoms with E-state index >= 15 is 0 Å². The first-order valence-corrected chi connectivity index (χ1v) is 5.65. The quantitative estimate of drug-likeness (QED) is 0.736. The smallest absolute Gasteiger partial charge is 0.336 e. The van der Waals surface area contributed by atoms with Crippen molar-refractivity contribution in [2.45, 2.75) is 31.3 Å². The van der Waals surface area contributed by atoms with E-state index in [0.29, 0.717) is 0 Å². The molecule has 0 saturated carbocycles. The number of benzene rings is 1. The Bertz CT molecular complexity index is 444. The van der Waals surface area contributed by atoms with Crippen molar-refractivity contribution in [1.82, 2.24) is 0 Å². The Morgan fingerprint density at radius 1 is 1.35 bits per heavy atom. The maximum atomic E-state index is 11.9. The van der Waals surface area contributed by atoms with Gasteiger partial charge in [-0.15, -0.1) is 0 Å². The predicted octanol–water partition coefficient (Wildman–Crippen LogP) is 2.56. The van der Waals surface area contributed by atoms with Gasteiger partial charge < -0.3 is 4.74 Å². The molecule has 3 atom stereocenters. The fourth-order valence-electron chi connectivity index (χ4n) is 2.45. The summed E-state index contributed by atoms with van der Waals surface area (Å²) in [6.07, 6.45) is 0. The molecule has 1 heterocycles. The number of carbonyl (C=O) groups is 1. The third-order valence-corrected chi connectivity index (χ3v) is 3.29. The molecule has 1 aliphatic heterocycles. The molecule has 0 fully saturated rings. The lowest BCUT2D eigenvalue weighted by Gasteiger charge is -2.27. The first-order chi connectivity index (χ1) is 8.09. The van der Waals surface area contributed by atoms with Crippen molar-refractivity contribution in [2.24, 2.45) is 10.2 Å². The summed E-state index contributed by atoms with van der Waals surface area (Å²) in [4.78, 5) is 11.9. The van der Waals surface area contributed by atoms with Crippen LogP contribution >= 0.6 is 0 Å². The number of rotatable bonds is 2. The highest BCUT2D eigenvalue weighted by molar-refractivity contribution is 5.82. The van der Waals surface area contributed by atoms with Gasteiger partial charge in [0.2, 0.25) is 0 Å². The number of azo groups is 1. The van der Waals surface area contributed by atoms with Gasteiger partial charge in [0.25, 0.3) is 0 Å². The first kappa shape index (κ1) is 11.8. The minimum Gasteiger partial charge on any atom is -0.467 e. The molecular formula is C13H16N2O2. The van der Waals surface area contributed by atoms with Gasteiger partial charge in [0.15, 0.2) is 5.54 Å². The molecule has 2 rings (SSSR count). The molecule has 4 heteroatoms. The zero-order chi connectivity index (χ0) is 12.5. The molecule has 0 saturated heterocycles. The molecule has 0 aromatic heterocycles. The summed E-state index contributed by atoms with van der Waals surface area (Å²) in [6.45, 7) is 3.75. The second-order valence-corrected chi connectivity index (χ2v) is 4.48. The number of hydrogen-bond donors (Lipinski definition) is 0. The van der Waals surface area contributed by atoms with Crippen LogP contribution in [0.4, 0.5) is 0 Å². The molecule has 1 aromatic rings. The van der Waals surface area contributed by atoms with Crippen LogP contribution < -0.4 is 0 Å². The normalized spacial score (nSPS) is 31.5. The van der Waals surface area contributed by atoms with E-state index < -0.39 is 5.54 Å². The van der Waals surface area contributed by atoms with Gasteiger partial charge in [-0.1, -0.05) is 30.3 Å². The third kappa shape index (κ3) is 1.84. The van der Waals surface area contributed by atoms with Crippen molar-refractivity contribution in [3.8, 4) is 0 Å². The maximum absolute atomic E-state index is 11.9. The van der Waals surface area contributed by atoms with E-state index in [4.69, 9.17) is 4.74 Å². The zero-order valence-electron chi connectivity index (χ0n) is 10.3. The van der Waals surface area contributed by atoms with E-state index in [1.807, 2.05) is 37.3 Å². The van der Waals surface area contributed by atoms with Crippen LogP contribution in [0.1, 0.15) is 25.3 Å². The van der Waals surface area contributed by atoms with Gasteiger partial charge in [-0.3, -0.25) is 0 Å². The first-order valence-electron chi connectivity index (χ1n) is 5.65. The average molecular weight is 232 g/mol. The van der Waals surface area contributed by atoms with E-state index in [9.17, 15) is 4.79 Å². The Morgan fingerprint density at radius 2 is 2.00 bits per heavy atom. The van der Waals surface area contributed by atoms with Crippen molar-refractivity contribution in [3.05, 3.63) is 35.9 Å². The van der Waals surface area contributed by atoms with Crippen molar-refractivity contribution in [2.75, 3.05) is 7.11 Å². The fourth-order valence-corrected chi connectivity index (χ4v) is 2.45. The molecule has 0 bridgehead atoms. The Balaban J connectivity index is 2.41. The van der Waals surface area contributed by atoms with Crippen molar-refractivity contribution < 1.29 is 9.53 Å². The van der Waals surface area contributed by atoms with Gasteiger partial charge in [-0.25, -0.2) is 4.79 Å². The number of methoxy groups -OCH3 is 1. The lowest BCUT2D eigenvalue weighted by molar-refractivity contribution is -0.146. The Labute approximate surface area is 101 Å². The molecule has 0 spiro atoms. The van der Waals surface area contributed by atoms with Crippen LogP contribution in [-0.2, 0) is 9.53 Å². The molecule has 0 radical (unpaired) electrons. The number of carbonyl (C=O) groups excluding carboxylic acids is 1. The summed E-state index contributed by atoms with van der Waals surface area (Å²) >= 11 is 0. The molecule has 4 nitrogen and oxygen atoms in total. The van der Waals surface area contributed by atoms with Gasteiger partial charge >= 0.3 is 5.97 Å². The summed E-state index contributed by atoms with van der Waals surface area (Å²) in [6, 6.07) is 9.85. The Hall–Kier alpha value is -1.71. The van der Waals surface area contributed by atoms with E-state index in [1.165, 1.54) is 7.11 Å². The van der Waals surface area contributed by atoms with Crippen LogP contribution in [0.25, 0.3) is 0 Å². The number of esters is 1. The van der Waals surface area contributed by atoms with Gasteiger partial charge in [-0.05, 0) is 19.4 Å². The fraction of sp³-hybridized carbons (Fsp3) is 0.462. The molecule has 1 aliphatic rings. The van der Waals surface area contributed by atoms with Crippen LogP contribution in [0.15, 0.2) is 40.6 Å². The van der Waals surface area contributed by atoms with Crippen LogP contribution in [0.3, 0.4) is 0 Å². The number of nitrogens with zero attached hydrogens (tertiary/aromatic N) is 2. The molecule has 0 amide bonds. The highest BCUT2D eigenvalue weighted by atomic mass is 16.5. The highest BCUT2D eigenvalue weighted by Gasteiger charge is 2.50. The number of hydrogen-bond acceptors (Lipinski definition) is 4. The van der Waals surface area contributed by atoms with Crippen molar-refractivity contribution >= 4 is 5.97 Å². The van der Waals surface area contributed by atoms with E-state index in [1.54, 1.807) is 6.92 Å². The maximum Gasteiger partial charge on any atom is 0.336 e. The summed E-state index contributed by atoms with van der Waals surface area (Å²) in [5.41, 5.74) is 0.160. The third-order valence-electron chi connectivity index (χ3n) is 3.29. The lowest BCUT2D eigenvalue weighted by atomic mass is 9.78. The van der Waals surface area contributed by atoms with Gasteiger partial charge in [-0.2, -0.15) is 10.2 Å². The Morgan fingerprint density at radius 3 is 2.59 bits per heavy atom. The summed E-state index contributed by atoms with van der Waals surface area (Å²) in [5, 5.41) is 8.27. The van der Waals surface area contributed by atoms with Crippen LogP contribution in [0.5, 0.6) is 0 Å². The van der Waals surface area contributed by atoms with Gasteiger partial charge in [0.05, 0.1) is 13.2 Å². The summed E-state index contributed by atoms with van der Waals surface area (Å²) in [7, 11) is 1.38. The molecule has 90 valence electrons. The van der Waals surface area contributed by atoms with Gasteiger partial charge in [0.1, 0.15) is 0 Å². The SMILES string of the molecule is COC(=O)[C@@]1(C)N=N[C@H](C)[C@@H]1c1ccccc1. The number of ether oxygens (including phenoxy) is 1. The second kappa shape index (κ2) is 4.28. The summed E-state index contributed by atoms with van der Waals surface area (Å²) in [5.74, 6) is -0.393. The molecule has 0 N–H and O–H groups in total. The summed E-state index contributed by atoms with van der Waals surface area (Å²) < 4.78 is 4.84. The average Bonchev–Trinajstić information content (AvgIpc) is 2.66. The highest BCUT2D eigenvalue weighted by Crippen LogP contribution is 2.41. The molecule has 1 aromatic carbocycles.